The second-order valence-electron chi connectivity index (χ2n) is 8.37. The molecule has 0 N–H and O–H groups in total. The number of nitrogens with zero attached hydrogens (tertiary/aromatic N) is 3. The van der Waals surface area contributed by atoms with Gasteiger partial charge >= 0.3 is 0 Å². The third-order valence-corrected chi connectivity index (χ3v) is 6.36. The first-order valence-corrected chi connectivity index (χ1v) is 11.0. The molecule has 1 fully saturated rings. The van der Waals surface area contributed by atoms with Crippen LogP contribution in [0.5, 0.6) is 5.75 Å². The molecule has 0 bridgehead atoms. The van der Waals surface area contributed by atoms with E-state index >= 15 is 0 Å². The molecule has 4 heteroatoms. The van der Waals surface area contributed by atoms with Gasteiger partial charge < -0.3 is 19.1 Å². The number of anilines is 1. The van der Waals surface area contributed by atoms with E-state index in [1.165, 1.54) is 27.7 Å². The first kappa shape index (κ1) is 19.7. The van der Waals surface area contributed by atoms with Crippen molar-refractivity contribution in [3.63, 3.8) is 0 Å². The van der Waals surface area contributed by atoms with Crippen LogP contribution in [0.25, 0.3) is 22.0 Å². The number of ether oxygens (including phenoxy) is 1. The van der Waals surface area contributed by atoms with Gasteiger partial charge in [0.1, 0.15) is 12.4 Å². The molecule has 1 saturated heterocycles. The lowest BCUT2D eigenvalue weighted by atomic mass is 10.1. The maximum Gasteiger partial charge on any atom is 0.128 e. The highest BCUT2D eigenvalue weighted by Crippen LogP contribution is 2.31. The van der Waals surface area contributed by atoms with Crippen molar-refractivity contribution in [2.24, 2.45) is 7.05 Å². The molecule has 0 atom stereocenters. The number of hydrogen-bond donors (Lipinski definition) is 0. The summed E-state index contributed by atoms with van der Waals surface area (Å²) in [6.45, 7) is 4.87. The van der Waals surface area contributed by atoms with Crippen LogP contribution >= 0.6 is 0 Å². The number of likely N-dealkylation sites (N-methyl/N-ethyl adjacent to an activating group) is 1. The van der Waals surface area contributed by atoms with E-state index in [2.05, 4.69) is 101 Å². The van der Waals surface area contributed by atoms with Crippen LogP contribution in [0.3, 0.4) is 0 Å². The molecule has 5 rings (SSSR count). The molecule has 0 spiro atoms. The molecular weight excluding hydrogens is 382 g/mol. The van der Waals surface area contributed by atoms with E-state index in [0.29, 0.717) is 6.61 Å². The lowest BCUT2D eigenvalue weighted by Gasteiger charge is -2.34. The van der Waals surface area contributed by atoms with Crippen molar-refractivity contribution in [1.29, 1.82) is 0 Å². The fraction of sp³-hybridized carbons (Fsp3) is 0.259. The van der Waals surface area contributed by atoms with Crippen molar-refractivity contribution < 1.29 is 4.74 Å². The van der Waals surface area contributed by atoms with E-state index < -0.39 is 0 Å². The lowest BCUT2D eigenvalue weighted by molar-refractivity contribution is 0.297. The summed E-state index contributed by atoms with van der Waals surface area (Å²) in [6, 6.07) is 27.8. The van der Waals surface area contributed by atoms with Gasteiger partial charge in [-0.15, -0.1) is 0 Å². The summed E-state index contributed by atoms with van der Waals surface area (Å²) < 4.78 is 8.46. The van der Waals surface area contributed by atoms with E-state index in [1.54, 1.807) is 0 Å². The first-order chi connectivity index (χ1) is 15.2. The Hall–Kier alpha value is -3.24. The van der Waals surface area contributed by atoms with Gasteiger partial charge in [0.15, 0.2) is 0 Å². The Kier molecular flexibility index (Phi) is 5.39. The average molecular weight is 412 g/mol. The fourth-order valence-electron chi connectivity index (χ4n) is 4.40. The van der Waals surface area contributed by atoms with Crippen LogP contribution in [0.4, 0.5) is 5.69 Å². The highest BCUT2D eigenvalue weighted by atomic mass is 16.5. The van der Waals surface area contributed by atoms with Gasteiger partial charge in [-0.1, -0.05) is 48.5 Å². The normalized spacial score (nSPS) is 14.8. The third kappa shape index (κ3) is 4.04. The molecule has 1 aliphatic heterocycles. The summed E-state index contributed by atoms with van der Waals surface area (Å²) >= 11 is 0. The molecule has 3 aromatic carbocycles. The van der Waals surface area contributed by atoms with Crippen LogP contribution in [-0.4, -0.2) is 42.7 Å². The largest absolute Gasteiger partial charge is 0.487 e. The molecule has 0 radical (unpaired) electrons. The fourth-order valence-corrected chi connectivity index (χ4v) is 4.40. The van der Waals surface area contributed by atoms with Gasteiger partial charge in [0, 0.05) is 50.0 Å². The summed E-state index contributed by atoms with van der Waals surface area (Å²) in [6.07, 6.45) is 0. The van der Waals surface area contributed by atoms with Crippen molar-refractivity contribution in [2.75, 3.05) is 38.1 Å². The molecule has 1 aliphatic rings. The number of piperazine rings is 1. The topological polar surface area (TPSA) is 20.6 Å². The monoisotopic (exact) mass is 411 g/mol. The number of benzene rings is 3. The van der Waals surface area contributed by atoms with Gasteiger partial charge in [-0.25, -0.2) is 0 Å². The zero-order valence-electron chi connectivity index (χ0n) is 18.3. The smallest absolute Gasteiger partial charge is 0.128 e. The van der Waals surface area contributed by atoms with Crippen LogP contribution < -0.4 is 9.64 Å². The van der Waals surface area contributed by atoms with Crippen molar-refractivity contribution >= 4 is 16.5 Å². The SMILES string of the molecule is CN1CCN(c2cccc3ccc(OCc4ccc(-c5ccccc5)n4C)cc23)CC1. The van der Waals surface area contributed by atoms with Crippen molar-refractivity contribution in [3.05, 3.63) is 84.6 Å². The quantitative estimate of drug-likeness (QED) is 0.452. The Morgan fingerprint density at radius 1 is 0.774 bits per heavy atom. The molecule has 31 heavy (non-hydrogen) atoms. The molecular formula is C27H29N3O. The Bertz CT molecular complexity index is 1170. The van der Waals surface area contributed by atoms with Gasteiger partial charge in [0.25, 0.3) is 0 Å². The van der Waals surface area contributed by atoms with Crippen molar-refractivity contribution in [2.45, 2.75) is 6.61 Å². The van der Waals surface area contributed by atoms with E-state index in [9.17, 15) is 0 Å². The maximum atomic E-state index is 6.24. The molecule has 2 heterocycles. The van der Waals surface area contributed by atoms with E-state index in [0.717, 1.165) is 37.6 Å². The predicted molar refractivity (Wildman–Crippen MR) is 129 cm³/mol. The molecule has 158 valence electrons. The summed E-state index contributed by atoms with van der Waals surface area (Å²) in [5.41, 5.74) is 4.89. The van der Waals surface area contributed by atoms with Gasteiger partial charge in [-0.05, 0) is 48.3 Å². The Morgan fingerprint density at radius 2 is 1.58 bits per heavy atom. The second-order valence-corrected chi connectivity index (χ2v) is 8.37. The van der Waals surface area contributed by atoms with Gasteiger partial charge in [0.05, 0.1) is 5.69 Å². The predicted octanol–water partition coefficient (Wildman–Crippen LogP) is 5.18. The standard InChI is InChI=1S/C27H29N3O/c1-28-15-17-30(18-16-28)27-10-6-9-21-11-13-24(19-25(21)27)31-20-23-12-14-26(29(23)2)22-7-4-3-5-8-22/h3-14,19H,15-18,20H2,1-2H3. The Balaban J connectivity index is 1.37. The zero-order chi connectivity index (χ0) is 21.2. The van der Waals surface area contributed by atoms with Crippen LogP contribution in [0.2, 0.25) is 0 Å². The van der Waals surface area contributed by atoms with Crippen molar-refractivity contribution in [1.82, 2.24) is 9.47 Å². The Labute approximate surface area is 184 Å². The van der Waals surface area contributed by atoms with Crippen LogP contribution in [0.15, 0.2) is 78.9 Å². The molecule has 0 saturated carbocycles. The van der Waals surface area contributed by atoms with E-state index in [-0.39, 0.29) is 0 Å². The molecule has 4 nitrogen and oxygen atoms in total. The summed E-state index contributed by atoms with van der Waals surface area (Å²) in [5.74, 6) is 0.913. The minimum Gasteiger partial charge on any atom is -0.487 e. The number of aromatic nitrogens is 1. The lowest BCUT2D eigenvalue weighted by Crippen LogP contribution is -2.44. The number of hydrogen-bond acceptors (Lipinski definition) is 3. The van der Waals surface area contributed by atoms with E-state index in [1.807, 2.05) is 6.07 Å². The summed E-state index contributed by atoms with van der Waals surface area (Å²) in [4.78, 5) is 4.88. The molecule has 0 unspecified atom stereocenters. The van der Waals surface area contributed by atoms with Gasteiger partial charge in [-0.2, -0.15) is 0 Å². The van der Waals surface area contributed by atoms with Crippen molar-refractivity contribution in [3.8, 4) is 17.0 Å². The maximum absolute atomic E-state index is 6.24. The highest BCUT2D eigenvalue weighted by molar-refractivity contribution is 5.95. The molecule has 0 amide bonds. The first-order valence-electron chi connectivity index (χ1n) is 11.0. The summed E-state index contributed by atoms with van der Waals surface area (Å²) in [7, 11) is 4.30. The average Bonchev–Trinajstić information content (AvgIpc) is 3.18. The minimum atomic E-state index is 0.547. The number of fused-ring (bicyclic) bond motifs is 1. The second kappa shape index (κ2) is 8.48. The summed E-state index contributed by atoms with van der Waals surface area (Å²) in [5, 5.41) is 2.52. The van der Waals surface area contributed by atoms with Crippen LogP contribution in [0, 0.1) is 0 Å². The van der Waals surface area contributed by atoms with E-state index in [4.69, 9.17) is 4.74 Å². The molecule has 4 aromatic rings. The van der Waals surface area contributed by atoms with Gasteiger partial charge in [0.2, 0.25) is 0 Å². The highest BCUT2D eigenvalue weighted by Gasteiger charge is 2.16. The minimum absolute atomic E-state index is 0.547. The molecule has 1 aromatic heterocycles. The van der Waals surface area contributed by atoms with Crippen LogP contribution in [0.1, 0.15) is 5.69 Å². The van der Waals surface area contributed by atoms with Gasteiger partial charge in [-0.3, -0.25) is 0 Å². The number of rotatable bonds is 5. The van der Waals surface area contributed by atoms with Crippen LogP contribution in [-0.2, 0) is 13.7 Å². The zero-order valence-corrected chi connectivity index (χ0v) is 18.3. The third-order valence-electron chi connectivity index (χ3n) is 6.36. The molecule has 0 aliphatic carbocycles. The Morgan fingerprint density at radius 3 is 2.39 bits per heavy atom.